The SMILES string of the molecule is O=C1c2cccc3c4ccccc4n(c23)C(=O)C1(Cl)[N+](=O)[O-]. The first-order chi connectivity index (χ1) is 10.5. The number of Topliss-reactive ketones (excluding diaryl/α,β-unsaturated/α-hetero) is 1. The van der Waals surface area contributed by atoms with Gasteiger partial charge in [-0.3, -0.25) is 24.3 Å². The Hall–Kier alpha value is -2.73. The van der Waals surface area contributed by atoms with Gasteiger partial charge in [-0.2, -0.15) is 0 Å². The van der Waals surface area contributed by atoms with Crippen LogP contribution >= 0.6 is 11.6 Å². The fraction of sp³-hybridized carbons (Fsp3) is 0.0667. The molecule has 1 aliphatic heterocycles. The van der Waals surface area contributed by atoms with Crippen LogP contribution in [0.5, 0.6) is 0 Å². The zero-order valence-corrected chi connectivity index (χ0v) is 11.7. The summed E-state index contributed by atoms with van der Waals surface area (Å²) in [4.78, 5) is 32.5. The van der Waals surface area contributed by atoms with E-state index < -0.39 is 21.6 Å². The molecule has 0 bridgehead atoms. The maximum absolute atomic E-state index is 12.6. The first kappa shape index (κ1) is 13.0. The number of carbonyl (C=O) groups excluding carboxylic acids is 2. The summed E-state index contributed by atoms with van der Waals surface area (Å²) in [5.41, 5.74) is 0.950. The number of carbonyl (C=O) groups is 2. The number of para-hydroxylation sites is 2. The number of nitrogens with zero attached hydrogens (tertiary/aromatic N) is 2. The molecule has 0 N–H and O–H groups in total. The van der Waals surface area contributed by atoms with Crippen LogP contribution in [0.3, 0.4) is 0 Å². The van der Waals surface area contributed by atoms with Crippen molar-refractivity contribution in [1.82, 2.24) is 4.57 Å². The zero-order valence-electron chi connectivity index (χ0n) is 10.9. The lowest BCUT2D eigenvalue weighted by Crippen LogP contribution is -2.53. The molecule has 0 fully saturated rings. The maximum Gasteiger partial charge on any atom is 0.434 e. The largest absolute Gasteiger partial charge is 0.434 e. The third-order valence-corrected chi connectivity index (χ3v) is 4.45. The van der Waals surface area contributed by atoms with E-state index in [2.05, 4.69) is 0 Å². The van der Waals surface area contributed by atoms with Gasteiger partial charge in [-0.25, -0.2) is 0 Å². The van der Waals surface area contributed by atoms with E-state index >= 15 is 0 Å². The van der Waals surface area contributed by atoms with Crippen LogP contribution in [0.4, 0.5) is 0 Å². The second kappa shape index (κ2) is 3.92. The van der Waals surface area contributed by atoms with Crippen molar-refractivity contribution in [3.63, 3.8) is 0 Å². The number of ketones is 1. The van der Waals surface area contributed by atoms with Gasteiger partial charge >= 0.3 is 10.9 Å². The number of aromatic nitrogens is 1. The van der Waals surface area contributed by atoms with Gasteiger partial charge in [-0.15, -0.1) is 0 Å². The van der Waals surface area contributed by atoms with Gasteiger partial charge in [0.15, 0.2) is 0 Å². The highest BCUT2D eigenvalue weighted by Crippen LogP contribution is 2.39. The van der Waals surface area contributed by atoms with E-state index in [1.165, 1.54) is 10.6 Å². The molecular formula is C15H7ClN2O4. The van der Waals surface area contributed by atoms with Crippen LogP contribution in [-0.2, 0) is 0 Å². The van der Waals surface area contributed by atoms with Gasteiger partial charge < -0.3 is 0 Å². The normalized spacial score (nSPS) is 20.8. The van der Waals surface area contributed by atoms with Crippen molar-refractivity contribution in [2.75, 3.05) is 0 Å². The summed E-state index contributed by atoms with van der Waals surface area (Å²) in [6.45, 7) is 0. The number of hydrogen-bond donors (Lipinski definition) is 0. The average molecular weight is 315 g/mol. The highest BCUT2D eigenvalue weighted by Gasteiger charge is 2.61. The maximum atomic E-state index is 12.6. The molecular weight excluding hydrogens is 308 g/mol. The van der Waals surface area contributed by atoms with Crippen molar-refractivity contribution < 1.29 is 14.5 Å². The molecule has 108 valence electrons. The third kappa shape index (κ3) is 1.26. The fourth-order valence-corrected chi connectivity index (χ4v) is 3.18. The summed E-state index contributed by atoms with van der Waals surface area (Å²) in [6, 6.07) is 11.8. The Morgan fingerprint density at radius 1 is 1.05 bits per heavy atom. The van der Waals surface area contributed by atoms with Gasteiger partial charge in [0.25, 0.3) is 5.78 Å². The van der Waals surface area contributed by atoms with Gasteiger partial charge in [0.1, 0.15) is 0 Å². The van der Waals surface area contributed by atoms with E-state index in [9.17, 15) is 19.7 Å². The van der Waals surface area contributed by atoms with Gasteiger partial charge in [-0.05, 0) is 23.7 Å². The molecule has 3 aromatic rings. The molecule has 22 heavy (non-hydrogen) atoms. The molecule has 1 atom stereocenters. The van der Waals surface area contributed by atoms with Crippen LogP contribution in [0.1, 0.15) is 15.2 Å². The van der Waals surface area contributed by atoms with Crippen molar-refractivity contribution >= 4 is 45.1 Å². The monoisotopic (exact) mass is 314 g/mol. The summed E-state index contributed by atoms with van der Waals surface area (Å²) >= 11 is 5.86. The summed E-state index contributed by atoms with van der Waals surface area (Å²) in [5, 5.41) is 12.7. The average Bonchev–Trinajstić information content (AvgIpc) is 2.86. The van der Waals surface area contributed by atoms with E-state index in [0.29, 0.717) is 16.4 Å². The first-order valence-electron chi connectivity index (χ1n) is 6.43. The Labute approximate surface area is 128 Å². The number of alkyl halides is 1. The molecule has 1 aliphatic rings. The Kier molecular flexibility index (Phi) is 2.31. The number of fused-ring (bicyclic) bond motifs is 3. The van der Waals surface area contributed by atoms with Crippen LogP contribution < -0.4 is 0 Å². The molecule has 0 saturated heterocycles. The molecule has 0 radical (unpaired) electrons. The van der Waals surface area contributed by atoms with Crippen LogP contribution in [0.25, 0.3) is 21.8 Å². The highest BCUT2D eigenvalue weighted by atomic mass is 35.5. The van der Waals surface area contributed by atoms with Crippen LogP contribution in [-0.4, -0.2) is 26.2 Å². The van der Waals surface area contributed by atoms with Gasteiger partial charge in [0.2, 0.25) is 0 Å². The van der Waals surface area contributed by atoms with E-state index in [-0.39, 0.29) is 5.56 Å². The van der Waals surface area contributed by atoms with Crippen molar-refractivity contribution in [2.24, 2.45) is 0 Å². The summed E-state index contributed by atoms with van der Waals surface area (Å²) in [6.07, 6.45) is 0. The van der Waals surface area contributed by atoms with Gasteiger partial charge in [0.05, 0.1) is 21.5 Å². The van der Waals surface area contributed by atoms with Gasteiger partial charge in [-0.1, -0.05) is 30.3 Å². The van der Waals surface area contributed by atoms with Crippen molar-refractivity contribution in [1.29, 1.82) is 0 Å². The zero-order chi connectivity index (χ0) is 15.6. The van der Waals surface area contributed by atoms with Gasteiger partial charge in [0, 0.05) is 10.8 Å². The molecule has 1 unspecified atom stereocenters. The first-order valence-corrected chi connectivity index (χ1v) is 6.81. The molecule has 0 saturated carbocycles. The molecule has 0 aliphatic carbocycles. The van der Waals surface area contributed by atoms with Crippen molar-refractivity contribution in [3.05, 3.63) is 58.1 Å². The summed E-state index contributed by atoms with van der Waals surface area (Å²) < 4.78 is 1.18. The molecule has 2 heterocycles. The highest BCUT2D eigenvalue weighted by molar-refractivity contribution is 6.50. The number of hydrogen-bond acceptors (Lipinski definition) is 4. The minimum Gasteiger partial charge on any atom is -0.284 e. The Bertz CT molecular complexity index is 1020. The minimum atomic E-state index is -2.82. The summed E-state index contributed by atoms with van der Waals surface area (Å²) in [5.74, 6) is -2.04. The second-order valence-corrected chi connectivity index (χ2v) is 5.61. The Morgan fingerprint density at radius 3 is 2.45 bits per heavy atom. The van der Waals surface area contributed by atoms with E-state index in [1.54, 1.807) is 36.4 Å². The molecule has 2 aromatic carbocycles. The number of rotatable bonds is 1. The minimum absolute atomic E-state index is 0.0833. The lowest BCUT2D eigenvalue weighted by Gasteiger charge is -2.22. The number of halogens is 1. The Morgan fingerprint density at radius 2 is 1.73 bits per heavy atom. The Balaban J connectivity index is 2.28. The lowest BCUT2D eigenvalue weighted by atomic mass is 9.97. The van der Waals surface area contributed by atoms with E-state index in [4.69, 9.17) is 11.6 Å². The molecule has 7 heteroatoms. The van der Waals surface area contributed by atoms with Crippen molar-refractivity contribution in [3.8, 4) is 0 Å². The lowest BCUT2D eigenvalue weighted by molar-refractivity contribution is -0.506. The fourth-order valence-electron chi connectivity index (χ4n) is 3.00. The van der Waals surface area contributed by atoms with Crippen molar-refractivity contribution in [2.45, 2.75) is 5.00 Å². The van der Waals surface area contributed by atoms with Crippen LogP contribution in [0.15, 0.2) is 42.5 Å². The summed E-state index contributed by atoms with van der Waals surface area (Å²) in [7, 11) is 0. The topological polar surface area (TPSA) is 82.2 Å². The standard InChI is InChI=1S/C15H7ClN2O4/c16-15(18(21)22)13(19)10-6-3-5-9-8-4-1-2-7-11(8)17(12(9)10)14(15)20/h1-7H. The number of nitro groups is 1. The molecule has 0 spiro atoms. The third-order valence-electron chi connectivity index (χ3n) is 3.98. The second-order valence-electron chi connectivity index (χ2n) is 5.07. The molecule has 6 nitrogen and oxygen atoms in total. The number of benzene rings is 2. The van der Waals surface area contributed by atoms with E-state index in [0.717, 1.165) is 5.39 Å². The van der Waals surface area contributed by atoms with Crippen LogP contribution in [0, 0.1) is 10.1 Å². The smallest absolute Gasteiger partial charge is 0.284 e. The van der Waals surface area contributed by atoms with Crippen LogP contribution in [0.2, 0.25) is 0 Å². The molecule has 1 aromatic heterocycles. The molecule has 0 amide bonds. The predicted octanol–water partition coefficient (Wildman–Crippen LogP) is 2.84. The predicted molar refractivity (Wildman–Crippen MR) is 80.0 cm³/mol. The molecule has 4 rings (SSSR count). The quantitative estimate of drug-likeness (QED) is 0.227. The van der Waals surface area contributed by atoms with E-state index in [1.807, 2.05) is 0 Å².